The first kappa shape index (κ1) is 22.0. The lowest BCUT2D eigenvalue weighted by Gasteiger charge is -2.59. The van der Waals surface area contributed by atoms with Crippen molar-refractivity contribution in [2.75, 3.05) is 27.2 Å². The van der Waals surface area contributed by atoms with Crippen LogP contribution in [0.5, 0.6) is 0 Å². The van der Waals surface area contributed by atoms with Crippen molar-refractivity contribution in [3.05, 3.63) is 35.4 Å². The van der Waals surface area contributed by atoms with Crippen LogP contribution in [0, 0.1) is 5.41 Å². The number of benzene rings is 1. The number of ether oxygens (including phenoxy) is 1. The van der Waals surface area contributed by atoms with E-state index in [1.807, 2.05) is 0 Å². The fourth-order valence-corrected chi connectivity index (χ4v) is 7.70. The van der Waals surface area contributed by atoms with Crippen LogP contribution < -0.4 is 0 Å². The predicted molar refractivity (Wildman–Crippen MR) is 121 cm³/mol. The molecule has 1 spiro atoms. The number of nitrogens with zero attached hydrogens (tertiary/aromatic N) is 2. The highest BCUT2D eigenvalue weighted by atomic mass is 32.2. The number of methoxy groups -OCH3 is 1. The molecule has 1 heterocycles. The number of carbonyl (C=O) groups excluding carboxylic acids is 1. The molecule has 1 amide bonds. The number of amides is 1. The monoisotopic (exact) mass is 432 g/mol. The number of hydrogen-bond acceptors (Lipinski definition) is 4. The van der Waals surface area contributed by atoms with E-state index in [2.05, 4.69) is 56.3 Å². The Bertz CT molecular complexity index is 801. The van der Waals surface area contributed by atoms with Gasteiger partial charge in [-0.15, -0.1) is 4.31 Å². The lowest BCUT2D eigenvalue weighted by atomic mass is 9.57. The average Bonchev–Trinajstić information content (AvgIpc) is 2.61. The first-order valence-corrected chi connectivity index (χ1v) is 12.2. The molecule has 166 valence electrons. The Morgan fingerprint density at radius 1 is 1.23 bits per heavy atom. The molecule has 4 rings (SSSR count). The molecule has 0 N–H and O–H groups in total. The molecule has 2 saturated carbocycles. The summed E-state index contributed by atoms with van der Waals surface area (Å²) in [7, 11) is 3.17. The van der Waals surface area contributed by atoms with Gasteiger partial charge in [-0.05, 0) is 42.2 Å². The van der Waals surface area contributed by atoms with Gasteiger partial charge in [-0.1, -0.05) is 45.0 Å². The zero-order valence-electron chi connectivity index (χ0n) is 19.2. The van der Waals surface area contributed by atoms with E-state index in [9.17, 15) is 9.35 Å². The first-order chi connectivity index (χ1) is 14.0. The lowest BCUT2D eigenvalue weighted by Crippen LogP contribution is -2.67. The van der Waals surface area contributed by atoms with Crippen molar-refractivity contribution in [2.45, 2.75) is 75.5 Å². The van der Waals surface area contributed by atoms with Gasteiger partial charge in [0, 0.05) is 36.7 Å². The van der Waals surface area contributed by atoms with E-state index in [0.717, 1.165) is 25.9 Å². The van der Waals surface area contributed by atoms with Crippen LogP contribution >= 0.6 is 0 Å². The Labute approximate surface area is 184 Å². The number of carbonyl (C=O) groups is 1. The zero-order valence-corrected chi connectivity index (χ0v) is 20.1. The van der Waals surface area contributed by atoms with E-state index in [1.165, 1.54) is 31.1 Å². The average molecular weight is 433 g/mol. The molecule has 0 aromatic heterocycles. The molecule has 1 unspecified atom stereocenters. The van der Waals surface area contributed by atoms with Crippen molar-refractivity contribution in [1.82, 2.24) is 9.21 Å². The Balaban J connectivity index is 1.26. The molecular formula is C24H36N2O3S. The van der Waals surface area contributed by atoms with E-state index >= 15 is 0 Å². The van der Waals surface area contributed by atoms with Gasteiger partial charge in [0.2, 0.25) is 0 Å². The molecule has 0 radical (unpaired) electrons. The Kier molecular flexibility index (Phi) is 5.43. The van der Waals surface area contributed by atoms with Gasteiger partial charge < -0.3 is 14.2 Å². The van der Waals surface area contributed by atoms with Gasteiger partial charge in [0.05, 0.1) is 25.7 Å². The molecule has 3 fully saturated rings. The molecular weight excluding hydrogens is 396 g/mol. The molecule has 2 aliphatic carbocycles. The fourth-order valence-electron chi connectivity index (χ4n) is 5.47. The van der Waals surface area contributed by atoms with Crippen LogP contribution in [0.25, 0.3) is 0 Å². The second kappa shape index (κ2) is 7.42. The Morgan fingerprint density at radius 3 is 2.43 bits per heavy atom. The van der Waals surface area contributed by atoms with Crippen molar-refractivity contribution < 1.29 is 14.1 Å². The summed E-state index contributed by atoms with van der Waals surface area (Å²) < 4.78 is 20.0. The Hall–Kier alpha value is -1.24. The maximum absolute atomic E-state index is 13.0. The molecule has 1 saturated heterocycles. The summed E-state index contributed by atoms with van der Waals surface area (Å²) in [6.45, 7) is 10.8. The number of rotatable bonds is 4. The standard InChI is InChI=1S/C24H36N2O3S/c1-22(2,3)19-9-7-8-17(10-19)18-11-24(12-18)15-26(16-24)30(28)20-13-23(4,14-20)25(5)21(27)29-6/h7-10,18,20H,11-16H2,1-6H3/t20-,23+,30?. The minimum absolute atomic E-state index is 0.152. The van der Waals surface area contributed by atoms with Crippen molar-refractivity contribution in [3.8, 4) is 0 Å². The van der Waals surface area contributed by atoms with Crippen LogP contribution in [0.15, 0.2) is 24.3 Å². The van der Waals surface area contributed by atoms with Crippen molar-refractivity contribution >= 4 is 17.5 Å². The normalized spacial score (nSPS) is 29.5. The summed E-state index contributed by atoms with van der Waals surface area (Å²) in [5.74, 6) is 0.642. The molecule has 0 bridgehead atoms. The van der Waals surface area contributed by atoms with Crippen molar-refractivity contribution in [2.24, 2.45) is 5.41 Å². The van der Waals surface area contributed by atoms with Crippen LogP contribution in [-0.4, -0.2) is 57.9 Å². The summed E-state index contributed by atoms with van der Waals surface area (Å²) in [5, 5.41) is 0.152. The molecule has 3 aliphatic rings. The van der Waals surface area contributed by atoms with E-state index in [1.54, 1.807) is 11.9 Å². The van der Waals surface area contributed by atoms with Crippen molar-refractivity contribution in [3.63, 3.8) is 0 Å². The van der Waals surface area contributed by atoms with Crippen LogP contribution in [0.2, 0.25) is 0 Å². The van der Waals surface area contributed by atoms with Gasteiger partial charge in [0.15, 0.2) is 0 Å². The van der Waals surface area contributed by atoms with Gasteiger partial charge in [0.25, 0.3) is 0 Å². The molecule has 30 heavy (non-hydrogen) atoms. The lowest BCUT2D eigenvalue weighted by molar-refractivity contribution is -0.0283. The van der Waals surface area contributed by atoms with Crippen LogP contribution in [0.4, 0.5) is 4.79 Å². The van der Waals surface area contributed by atoms with E-state index in [0.29, 0.717) is 11.3 Å². The third-order valence-electron chi connectivity index (χ3n) is 7.74. The second-order valence-corrected chi connectivity index (χ2v) is 12.8. The summed E-state index contributed by atoms with van der Waals surface area (Å²) in [5.41, 5.74) is 3.18. The minimum Gasteiger partial charge on any atom is -0.598 e. The highest BCUT2D eigenvalue weighted by molar-refractivity contribution is 7.89. The second-order valence-electron chi connectivity index (χ2n) is 11.1. The van der Waals surface area contributed by atoms with Gasteiger partial charge in [-0.3, -0.25) is 0 Å². The van der Waals surface area contributed by atoms with E-state index in [-0.39, 0.29) is 22.3 Å². The van der Waals surface area contributed by atoms with Gasteiger partial charge in [-0.2, -0.15) is 0 Å². The summed E-state index contributed by atoms with van der Waals surface area (Å²) >= 11 is -0.945. The van der Waals surface area contributed by atoms with Gasteiger partial charge in [-0.25, -0.2) is 4.79 Å². The molecule has 6 heteroatoms. The SMILES string of the molecule is COC(=O)N(C)[C@]1(C)C[C@H]([S+]([O-])N2CC3(CC(c4cccc(C(C)(C)C)c4)C3)C2)C1. The summed E-state index contributed by atoms with van der Waals surface area (Å²) in [4.78, 5) is 13.5. The molecule has 5 nitrogen and oxygen atoms in total. The van der Waals surface area contributed by atoms with Crippen LogP contribution in [0.3, 0.4) is 0 Å². The molecule has 1 aliphatic heterocycles. The summed E-state index contributed by atoms with van der Waals surface area (Å²) in [6.07, 6.45) is 3.65. The summed E-state index contributed by atoms with van der Waals surface area (Å²) in [6, 6.07) is 9.09. The fraction of sp³-hybridized carbons (Fsp3) is 0.708. The molecule has 1 aromatic rings. The van der Waals surface area contributed by atoms with E-state index in [4.69, 9.17) is 4.74 Å². The quantitative estimate of drug-likeness (QED) is 0.660. The number of hydrogen-bond donors (Lipinski definition) is 0. The molecule has 1 atom stereocenters. The van der Waals surface area contributed by atoms with Crippen LogP contribution in [-0.2, 0) is 21.5 Å². The highest BCUT2D eigenvalue weighted by Gasteiger charge is 2.60. The van der Waals surface area contributed by atoms with Gasteiger partial charge in [0.1, 0.15) is 5.25 Å². The van der Waals surface area contributed by atoms with Gasteiger partial charge >= 0.3 is 6.09 Å². The molecule has 1 aromatic carbocycles. The first-order valence-electron chi connectivity index (χ1n) is 11.0. The maximum atomic E-state index is 13.0. The third kappa shape index (κ3) is 3.76. The smallest absolute Gasteiger partial charge is 0.409 e. The zero-order chi connectivity index (χ0) is 21.9. The minimum atomic E-state index is -0.945. The van der Waals surface area contributed by atoms with E-state index < -0.39 is 11.4 Å². The highest BCUT2D eigenvalue weighted by Crippen LogP contribution is 2.57. The third-order valence-corrected chi connectivity index (χ3v) is 9.41. The van der Waals surface area contributed by atoms with Crippen molar-refractivity contribution in [1.29, 1.82) is 0 Å². The predicted octanol–water partition coefficient (Wildman–Crippen LogP) is 4.45. The maximum Gasteiger partial charge on any atom is 0.409 e. The largest absolute Gasteiger partial charge is 0.598 e. The topological polar surface area (TPSA) is 55.8 Å². The Morgan fingerprint density at radius 2 is 1.87 bits per heavy atom. The van der Waals surface area contributed by atoms with Crippen LogP contribution in [0.1, 0.15) is 70.4 Å².